The number of β-lactam (4-membered cyclic amide) rings is 1. The van der Waals surface area contributed by atoms with Gasteiger partial charge in [0.05, 0.1) is 6.42 Å². The fourth-order valence-electron chi connectivity index (χ4n) is 1.47. The largest absolute Gasteiger partial charge is 0.480 e. The molecule has 1 N–H and O–H groups in total. The van der Waals surface area contributed by atoms with E-state index in [4.69, 9.17) is 9.94 Å². The van der Waals surface area contributed by atoms with E-state index >= 15 is 0 Å². The minimum atomic E-state index is -1.03. The third-order valence-electron chi connectivity index (χ3n) is 2.40. The number of hydrogen-bond donors (Lipinski definition) is 1. The molecule has 1 fully saturated rings. The van der Waals surface area contributed by atoms with Crippen LogP contribution in [-0.2, 0) is 21.0 Å². The third-order valence-corrected chi connectivity index (χ3v) is 2.40. The number of carboxylic acid groups (broad SMARTS) is 1. The van der Waals surface area contributed by atoms with Crippen molar-refractivity contribution >= 4 is 11.9 Å². The Balaban J connectivity index is 1.90. The molecule has 0 aromatic heterocycles. The Hall–Kier alpha value is -1.88. The van der Waals surface area contributed by atoms with Crippen LogP contribution in [0.5, 0.6) is 0 Å². The van der Waals surface area contributed by atoms with Gasteiger partial charge >= 0.3 is 5.97 Å². The van der Waals surface area contributed by atoms with E-state index in [0.29, 0.717) is 0 Å². The average molecular weight is 221 g/mol. The highest BCUT2D eigenvalue weighted by molar-refractivity contribution is 5.93. The summed E-state index contributed by atoms with van der Waals surface area (Å²) in [5.74, 6) is -1.32. The molecule has 5 nitrogen and oxygen atoms in total. The first kappa shape index (κ1) is 10.6. The molecule has 1 unspecified atom stereocenters. The van der Waals surface area contributed by atoms with Crippen molar-refractivity contribution in [1.82, 2.24) is 5.06 Å². The summed E-state index contributed by atoms with van der Waals surface area (Å²) < 4.78 is 0. The summed E-state index contributed by atoms with van der Waals surface area (Å²) in [5, 5.41) is 9.67. The van der Waals surface area contributed by atoms with E-state index in [1.165, 1.54) is 0 Å². The first-order valence-electron chi connectivity index (χ1n) is 4.90. The summed E-state index contributed by atoms with van der Waals surface area (Å²) in [6.45, 7) is 0.205. The molecule has 1 aliphatic rings. The van der Waals surface area contributed by atoms with Gasteiger partial charge in [0, 0.05) is 0 Å². The molecule has 0 radical (unpaired) electrons. The van der Waals surface area contributed by atoms with Gasteiger partial charge in [0.25, 0.3) is 0 Å². The van der Waals surface area contributed by atoms with Crippen molar-refractivity contribution in [3.8, 4) is 0 Å². The summed E-state index contributed by atoms with van der Waals surface area (Å²) >= 11 is 0. The zero-order valence-corrected chi connectivity index (χ0v) is 8.50. The molecule has 1 aromatic carbocycles. The summed E-state index contributed by atoms with van der Waals surface area (Å²) in [4.78, 5) is 26.9. The number of hydroxylamine groups is 2. The molecule has 1 heterocycles. The molecular formula is C11H11NO4. The molecule has 1 saturated heterocycles. The molecule has 2 rings (SSSR count). The average Bonchev–Trinajstić information content (AvgIpc) is 2.27. The first-order chi connectivity index (χ1) is 7.68. The number of nitrogens with zero attached hydrogens (tertiary/aromatic N) is 1. The van der Waals surface area contributed by atoms with E-state index in [0.717, 1.165) is 10.6 Å². The van der Waals surface area contributed by atoms with Crippen LogP contribution in [0.4, 0.5) is 0 Å². The number of rotatable bonds is 4. The van der Waals surface area contributed by atoms with Crippen molar-refractivity contribution in [2.75, 3.05) is 0 Å². The SMILES string of the molecule is O=C(O)C1CC(=O)N1OCc1ccccc1. The fraction of sp³-hybridized carbons (Fsp3) is 0.273. The van der Waals surface area contributed by atoms with Crippen LogP contribution in [-0.4, -0.2) is 28.1 Å². The maximum Gasteiger partial charge on any atom is 0.329 e. The molecule has 1 amide bonds. The number of carbonyl (C=O) groups excluding carboxylic acids is 1. The lowest BCUT2D eigenvalue weighted by atomic mass is 10.1. The molecular weight excluding hydrogens is 210 g/mol. The van der Waals surface area contributed by atoms with Gasteiger partial charge in [0.1, 0.15) is 6.61 Å². The normalized spacial score (nSPS) is 19.4. The number of carbonyl (C=O) groups is 2. The highest BCUT2D eigenvalue weighted by Crippen LogP contribution is 2.20. The smallest absolute Gasteiger partial charge is 0.329 e. The van der Waals surface area contributed by atoms with Crippen LogP contribution < -0.4 is 0 Å². The van der Waals surface area contributed by atoms with Crippen LogP contribution in [0.15, 0.2) is 30.3 Å². The van der Waals surface area contributed by atoms with Crippen molar-refractivity contribution in [3.63, 3.8) is 0 Å². The highest BCUT2D eigenvalue weighted by Gasteiger charge is 2.42. The van der Waals surface area contributed by atoms with E-state index in [-0.39, 0.29) is 18.9 Å². The molecule has 1 aliphatic heterocycles. The maximum absolute atomic E-state index is 11.1. The van der Waals surface area contributed by atoms with Crippen molar-refractivity contribution in [2.45, 2.75) is 19.1 Å². The molecule has 0 spiro atoms. The molecule has 0 aliphatic carbocycles. The Labute approximate surface area is 92.2 Å². The second-order valence-corrected chi connectivity index (χ2v) is 3.54. The molecule has 16 heavy (non-hydrogen) atoms. The van der Waals surface area contributed by atoms with Crippen LogP contribution in [0.2, 0.25) is 0 Å². The quantitative estimate of drug-likeness (QED) is 0.764. The zero-order chi connectivity index (χ0) is 11.5. The molecule has 0 bridgehead atoms. The molecule has 0 saturated carbocycles. The molecule has 1 atom stereocenters. The van der Waals surface area contributed by atoms with Gasteiger partial charge in [-0.1, -0.05) is 30.3 Å². The van der Waals surface area contributed by atoms with Crippen LogP contribution in [0, 0.1) is 0 Å². The van der Waals surface area contributed by atoms with E-state index < -0.39 is 12.0 Å². The van der Waals surface area contributed by atoms with Gasteiger partial charge < -0.3 is 5.11 Å². The van der Waals surface area contributed by atoms with E-state index in [2.05, 4.69) is 0 Å². The summed E-state index contributed by atoms with van der Waals surface area (Å²) in [7, 11) is 0. The van der Waals surface area contributed by atoms with E-state index in [9.17, 15) is 9.59 Å². The monoisotopic (exact) mass is 221 g/mol. The first-order valence-corrected chi connectivity index (χ1v) is 4.90. The van der Waals surface area contributed by atoms with Crippen LogP contribution in [0.3, 0.4) is 0 Å². The van der Waals surface area contributed by atoms with Gasteiger partial charge in [-0.05, 0) is 5.56 Å². The fourth-order valence-corrected chi connectivity index (χ4v) is 1.47. The Morgan fingerprint density at radius 2 is 2.12 bits per heavy atom. The molecule has 1 aromatic rings. The maximum atomic E-state index is 11.1. The van der Waals surface area contributed by atoms with Crippen LogP contribution in [0.1, 0.15) is 12.0 Å². The summed E-state index contributed by atoms with van der Waals surface area (Å²) in [6, 6.07) is 8.44. The number of carboxylic acids is 1. The second kappa shape index (κ2) is 4.32. The van der Waals surface area contributed by atoms with Gasteiger partial charge in [-0.15, -0.1) is 0 Å². The number of amides is 1. The molecule has 84 valence electrons. The van der Waals surface area contributed by atoms with Crippen molar-refractivity contribution < 1.29 is 19.5 Å². The Kier molecular flexibility index (Phi) is 2.87. The topological polar surface area (TPSA) is 66.8 Å². The van der Waals surface area contributed by atoms with Gasteiger partial charge in [-0.3, -0.25) is 9.63 Å². The second-order valence-electron chi connectivity index (χ2n) is 3.54. The van der Waals surface area contributed by atoms with Crippen LogP contribution in [0.25, 0.3) is 0 Å². The van der Waals surface area contributed by atoms with Gasteiger partial charge in [-0.2, -0.15) is 0 Å². The van der Waals surface area contributed by atoms with E-state index in [1.54, 1.807) is 0 Å². The lowest BCUT2D eigenvalue weighted by Gasteiger charge is -2.35. The highest BCUT2D eigenvalue weighted by atomic mass is 16.7. The molecule has 5 heteroatoms. The van der Waals surface area contributed by atoms with Gasteiger partial charge in [-0.25, -0.2) is 9.86 Å². The standard InChI is InChI=1S/C11H11NO4/c13-10-6-9(11(14)15)12(10)16-7-8-4-2-1-3-5-8/h1-5,9H,6-7H2,(H,14,15). The minimum Gasteiger partial charge on any atom is -0.480 e. The minimum absolute atomic E-state index is 0.0180. The number of aliphatic carboxylic acids is 1. The van der Waals surface area contributed by atoms with E-state index in [1.807, 2.05) is 30.3 Å². The van der Waals surface area contributed by atoms with Gasteiger partial charge in [0.2, 0.25) is 5.91 Å². The number of hydrogen-bond acceptors (Lipinski definition) is 3. The lowest BCUT2D eigenvalue weighted by Crippen LogP contribution is -2.56. The summed E-state index contributed by atoms with van der Waals surface area (Å²) in [5.41, 5.74) is 0.895. The van der Waals surface area contributed by atoms with Crippen molar-refractivity contribution in [1.29, 1.82) is 0 Å². The Morgan fingerprint density at radius 1 is 1.44 bits per heavy atom. The van der Waals surface area contributed by atoms with Crippen LogP contribution >= 0.6 is 0 Å². The Bertz CT molecular complexity index is 404. The predicted molar refractivity (Wildman–Crippen MR) is 54.1 cm³/mol. The van der Waals surface area contributed by atoms with Gasteiger partial charge in [0.15, 0.2) is 6.04 Å². The predicted octanol–water partition coefficient (Wildman–Crippen LogP) is 0.804. The van der Waals surface area contributed by atoms with Crippen molar-refractivity contribution in [3.05, 3.63) is 35.9 Å². The zero-order valence-electron chi connectivity index (χ0n) is 8.50. The Morgan fingerprint density at radius 3 is 2.69 bits per heavy atom. The lowest BCUT2D eigenvalue weighted by molar-refractivity contribution is -0.236. The van der Waals surface area contributed by atoms with Crippen molar-refractivity contribution in [2.24, 2.45) is 0 Å². The summed E-state index contributed by atoms with van der Waals surface area (Å²) in [6.07, 6.45) is 0.0180. The third kappa shape index (κ3) is 2.04. The number of benzene rings is 1.